The van der Waals surface area contributed by atoms with E-state index in [0.29, 0.717) is 23.3 Å². The second-order valence-electron chi connectivity index (χ2n) is 5.52. The molecule has 4 nitrogen and oxygen atoms in total. The van der Waals surface area contributed by atoms with E-state index >= 15 is 0 Å². The monoisotopic (exact) mass is 309 g/mol. The second-order valence-corrected chi connectivity index (χ2v) is 5.93. The van der Waals surface area contributed by atoms with Crippen molar-refractivity contribution in [3.8, 4) is 0 Å². The van der Waals surface area contributed by atoms with Crippen LogP contribution in [0.5, 0.6) is 0 Å². The molecule has 1 aliphatic heterocycles. The van der Waals surface area contributed by atoms with Crippen molar-refractivity contribution in [2.75, 3.05) is 31.5 Å². The first-order valence-corrected chi connectivity index (χ1v) is 8.07. The van der Waals surface area contributed by atoms with E-state index < -0.39 is 0 Å². The van der Waals surface area contributed by atoms with Crippen LogP contribution < -0.4 is 10.6 Å². The Kier molecular flexibility index (Phi) is 6.49. The summed E-state index contributed by atoms with van der Waals surface area (Å²) in [6.07, 6.45) is 3.43. The highest BCUT2D eigenvalue weighted by atomic mass is 35.5. The Bertz CT molecular complexity index is 459. The van der Waals surface area contributed by atoms with Gasteiger partial charge in [-0.05, 0) is 51.0 Å². The first-order chi connectivity index (χ1) is 10.2. The highest BCUT2D eigenvalue weighted by Gasteiger charge is 2.18. The first-order valence-electron chi connectivity index (χ1n) is 7.69. The summed E-state index contributed by atoms with van der Waals surface area (Å²) in [5.74, 6) is -0.0425. The molecule has 1 fully saturated rings. The maximum absolute atomic E-state index is 11.9. The molecule has 0 spiro atoms. The van der Waals surface area contributed by atoms with Gasteiger partial charge in [0, 0.05) is 6.04 Å². The molecule has 0 aromatic heterocycles. The van der Waals surface area contributed by atoms with E-state index in [1.54, 1.807) is 6.07 Å². The van der Waals surface area contributed by atoms with Gasteiger partial charge in [-0.1, -0.05) is 30.7 Å². The number of hydrogen-bond donors (Lipinski definition) is 2. The number of likely N-dealkylation sites (tertiary alicyclic amines) is 1. The van der Waals surface area contributed by atoms with Crippen LogP contribution in [-0.2, 0) is 4.79 Å². The van der Waals surface area contributed by atoms with Gasteiger partial charge in [-0.2, -0.15) is 0 Å². The number of amides is 1. The van der Waals surface area contributed by atoms with E-state index in [1.165, 1.54) is 13.0 Å². The Balaban J connectivity index is 1.69. The standard InChI is InChI=1S/C16H24ClN3O/c1-2-9-20-10-7-13(8-11-20)18-12-16(21)19-15-6-4-3-5-14(15)17/h3-6,13,18H,2,7-12H2,1H3,(H,19,21). The molecule has 116 valence electrons. The van der Waals surface area contributed by atoms with Crippen molar-refractivity contribution in [2.45, 2.75) is 32.2 Å². The predicted molar refractivity (Wildman–Crippen MR) is 87.8 cm³/mol. The third-order valence-electron chi connectivity index (χ3n) is 3.83. The first kappa shape index (κ1) is 16.3. The van der Waals surface area contributed by atoms with Gasteiger partial charge in [-0.25, -0.2) is 0 Å². The Morgan fingerprint density at radius 2 is 2.05 bits per heavy atom. The molecule has 1 aromatic rings. The van der Waals surface area contributed by atoms with Crippen molar-refractivity contribution in [2.24, 2.45) is 0 Å². The third kappa shape index (κ3) is 5.30. The van der Waals surface area contributed by atoms with E-state index in [1.807, 2.05) is 18.2 Å². The zero-order chi connectivity index (χ0) is 15.1. The van der Waals surface area contributed by atoms with Gasteiger partial charge in [-0.3, -0.25) is 4.79 Å². The summed E-state index contributed by atoms with van der Waals surface area (Å²) in [6, 6.07) is 7.73. The van der Waals surface area contributed by atoms with Crippen molar-refractivity contribution in [3.63, 3.8) is 0 Å². The predicted octanol–water partition coefficient (Wildman–Crippen LogP) is 2.74. The van der Waals surface area contributed by atoms with E-state index in [-0.39, 0.29) is 5.91 Å². The number of para-hydroxylation sites is 1. The minimum absolute atomic E-state index is 0.0425. The molecule has 2 N–H and O–H groups in total. The fraction of sp³-hybridized carbons (Fsp3) is 0.562. The normalized spacial score (nSPS) is 16.9. The Hall–Kier alpha value is -1.10. The average Bonchev–Trinajstić information content (AvgIpc) is 2.49. The number of halogens is 1. The molecule has 21 heavy (non-hydrogen) atoms. The number of nitrogens with one attached hydrogen (secondary N) is 2. The second kappa shape index (κ2) is 8.37. The number of nitrogens with zero attached hydrogens (tertiary/aromatic N) is 1. The molecule has 1 amide bonds. The van der Waals surface area contributed by atoms with Gasteiger partial charge in [0.15, 0.2) is 0 Å². The minimum Gasteiger partial charge on any atom is -0.324 e. The molecule has 1 aromatic carbocycles. The van der Waals surface area contributed by atoms with Gasteiger partial charge >= 0.3 is 0 Å². The van der Waals surface area contributed by atoms with Gasteiger partial charge in [0.25, 0.3) is 0 Å². The zero-order valence-electron chi connectivity index (χ0n) is 12.6. The molecule has 0 radical (unpaired) electrons. The van der Waals surface area contributed by atoms with Gasteiger partial charge in [0.05, 0.1) is 17.3 Å². The van der Waals surface area contributed by atoms with Crippen LogP contribution in [0.2, 0.25) is 5.02 Å². The Morgan fingerprint density at radius 3 is 2.71 bits per heavy atom. The van der Waals surface area contributed by atoms with Crippen molar-refractivity contribution >= 4 is 23.2 Å². The highest BCUT2D eigenvalue weighted by Crippen LogP contribution is 2.20. The summed E-state index contributed by atoms with van der Waals surface area (Å²) < 4.78 is 0. The van der Waals surface area contributed by atoms with E-state index in [4.69, 9.17) is 11.6 Å². The van der Waals surface area contributed by atoms with Gasteiger partial charge < -0.3 is 15.5 Å². The largest absolute Gasteiger partial charge is 0.324 e. The topological polar surface area (TPSA) is 44.4 Å². The summed E-state index contributed by atoms with van der Waals surface area (Å²) in [6.45, 7) is 5.97. The van der Waals surface area contributed by atoms with Crippen LogP contribution in [0.15, 0.2) is 24.3 Å². The number of rotatable bonds is 6. The van der Waals surface area contributed by atoms with Crippen LogP contribution in [0.4, 0.5) is 5.69 Å². The molecular weight excluding hydrogens is 286 g/mol. The molecule has 0 saturated carbocycles. The lowest BCUT2D eigenvalue weighted by Gasteiger charge is -2.32. The van der Waals surface area contributed by atoms with Crippen molar-refractivity contribution in [1.82, 2.24) is 10.2 Å². The van der Waals surface area contributed by atoms with Crippen LogP contribution in [0.3, 0.4) is 0 Å². The van der Waals surface area contributed by atoms with Crippen LogP contribution in [-0.4, -0.2) is 43.0 Å². The van der Waals surface area contributed by atoms with E-state index in [2.05, 4.69) is 22.5 Å². The van der Waals surface area contributed by atoms with Crippen LogP contribution in [0.25, 0.3) is 0 Å². The summed E-state index contributed by atoms with van der Waals surface area (Å²) >= 11 is 6.02. The number of carbonyl (C=O) groups is 1. The SMILES string of the molecule is CCCN1CCC(NCC(=O)Nc2ccccc2Cl)CC1. The Labute approximate surface area is 131 Å². The Morgan fingerprint density at radius 1 is 1.33 bits per heavy atom. The van der Waals surface area contributed by atoms with E-state index in [0.717, 1.165) is 25.9 Å². The molecule has 2 rings (SSSR count). The molecular formula is C16H24ClN3O. The van der Waals surface area contributed by atoms with Gasteiger partial charge in [-0.15, -0.1) is 0 Å². The maximum Gasteiger partial charge on any atom is 0.238 e. The summed E-state index contributed by atoms with van der Waals surface area (Å²) in [4.78, 5) is 14.4. The number of piperidine rings is 1. The maximum atomic E-state index is 11.9. The van der Waals surface area contributed by atoms with Crippen molar-refractivity contribution in [1.29, 1.82) is 0 Å². The minimum atomic E-state index is -0.0425. The zero-order valence-corrected chi connectivity index (χ0v) is 13.3. The molecule has 0 aliphatic carbocycles. The number of carbonyl (C=O) groups excluding carboxylic acids is 1. The fourth-order valence-electron chi connectivity index (χ4n) is 2.67. The quantitative estimate of drug-likeness (QED) is 0.849. The summed E-state index contributed by atoms with van der Waals surface area (Å²) in [5, 5.41) is 6.75. The molecule has 0 bridgehead atoms. The lowest BCUT2D eigenvalue weighted by molar-refractivity contribution is -0.115. The lowest BCUT2D eigenvalue weighted by Crippen LogP contribution is -2.44. The molecule has 1 saturated heterocycles. The third-order valence-corrected chi connectivity index (χ3v) is 4.16. The molecule has 1 heterocycles. The summed E-state index contributed by atoms with van der Waals surface area (Å²) in [7, 11) is 0. The number of anilines is 1. The molecule has 0 atom stereocenters. The van der Waals surface area contributed by atoms with Crippen molar-refractivity contribution in [3.05, 3.63) is 29.3 Å². The highest BCUT2D eigenvalue weighted by molar-refractivity contribution is 6.33. The molecule has 1 aliphatic rings. The van der Waals surface area contributed by atoms with E-state index in [9.17, 15) is 4.79 Å². The van der Waals surface area contributed by atoms with Crippen molar-refractivity contribution < 1.29 is 4.79 Å². The number of hydrogen-bond acceptors (Lipinski definition) is 3. The molecule has 0 unspecified atom stereocenters. The fourth-order valence-corrected chi connectivity index (χ4v) is 2.85. The molecule has 5 heteroatoms. The lowest BCUT2D eigenvalue weighted by atomic mass is 10.0. The van der Waals surface area contributed by atoms with Crippen LogP contribution in [0.1, 0.15) is 26.2 Å². The van der Waals surface area contributed by atoms with Gasteiger partial charge in [0.1, 0.15) is 0 Å². The average molecular weight is 310 g/mol. The smallest absolute Gasteiger partial charge is 0.238 e. The number of benzene rings is 1. The van der Waals surface area contributed by atoms with Crippen LogP contribution in [0, 0.1) is 0 Å². The van der Waals surface area contributed by atoms with Crippen LogP contribution >= 0.6 is 11.6 Å². The summed E-state index contributed by atoms with van der Waals surface area (Å²) in [5.41, 5.74) is 0.670. The van der Waals surface area contributed by atoms with Gasteiger partial charge in [0.2, 0.25) is 5.91 Å².